The van der Waals surface area contributed by atoms with Crippen molar-refractivity contribution in [1.82, 2.24) is 14.9 Å². The number of aromatic nitrogens is 2. The SMILES string of the molecule is COCCN(CCO)C(=O)C1CCc2c(sc3ncnc(Nc4cc5c(cc4OC)CN=C5)c23)C1. The van der Waals surface area contributed by atoms with Crippen molar-refractivity contribution in [2.24, 2.45) is 10.9 Å². The maximum absolute atomic E-state index is 13.2. The lowest BCUT2D eigenvalue weighted by Gasteiger charge is -2.29. The van der Waals surface area contributed by atoms with Crippen molar-refractivity contribution in [3.8, 4) is 5.75 Å². The molecule has 0 radical (unpaired) electrons. The molecule has 1 atom stereocenters. The Labute approximate surface area is 207 Å². The fraction of sp³-hybridized carbons (Fsp3) is 0.440. The summed E-state index contributed by atoms with van der Waals surface area (Å²) in [5, 5.41) is 13.9. The molecule has 2 aromatic heterocycles. The highest BCUT2D eigenvalue weighted by Crippen LogP contribution is 2.42. The van der Waals surface area contributed by atoms with Crippen molar-refractivity contribution in [3.63, 3.8) is 0 Å². The number of methoxy groups -OCH3 is 2. The van der Waals surface area contributed by atoms with E-state index in [0.717, 1.165) is 51.4 Å². The number of carbonyl (C=O) groups is 1. The summed E-state index contributed by atoms with van der Waals surface area (Å²) < 4.78 is 10.8. The zero-order valence-corrected chi connectivity index (χ0v) is 20.7. The normalized spacial score (nSPS) is 16.3. The summed E-state index contributed by atoms with van der Waals surface area (Å²) in [6, 6.07) is 4.06. The highest BCUT2D eigenvalue weighted by molar-refractivity contribution is 7.19. The van der Waals surface area contributed by atoms with Crippen LogP contribution in [0.1, 0.15) is 28.0 Å². The number of nitrogens with one attached hydrogen (secondary N) is 1. The Balaban J connectivity index is 1.43. The maximum Gasteiger partial charge on any atom is 0.226 e. The first-order valence-electron chi connectivity index (χ1n) is 11.7. The fourth-order valence-electron chi connectivity index (χ4n) is 4.86. The van der Waals surface area contributed by atoms with E-state index < -0.39 is 0 Å². The number of aliphatic hydroxyl groups is 1. The Morgan fingerprint density at radius 2 is 2.17 bits per heavy atom. The van der Waals surface area contributed by atoms with Crippen LogP contribution in [-0.4, -0.2) is 72.6 Å². The van der Waals surface area contributed by atoms with E-state index in [2.05, 4.69) is 20.3 Å². The van der Waals surface area contributed by atoms with Gasteiger partial charge in [0.05, 0.1) is 37.9 Å². The lowest BCUT2D eigenvalue weighted by molar-refractivity contribution is -0.137. The third kappa shape index (κ3) is 4.61. The molecule has 2 aliphatic rings. The Kier molecular flexibility index (Phi) is 6.94. The number of nitrogens with zero attached hydrogens (tertiary/aromatic N) is 4. The quantitative estimate of drug-likeness (QED) is 0.470. The van der Waals surface area contributed by atoms with Gasteiger partial charge in [0.2, 0.25) is 5.91 Å². The molecule has 0 bridgehead atoms. The van der Waals surface area contributed by atoms with Crippen LogP contribution in [0.5, 0.6) is 5.75 Å². The number of aryl methyl sites for hydroxylation is 1. The van der Waals surface area contributed by atoms with E-state index >= 15 is 0 Å². The van der Waals surface area contributed by atoms with Crippen molar-refractivity contribution >= 4 is 45.2 Å². The van der Waals surface area contributed by atoms with Crippen LogP contribution >= 0.6 is 11.3 Å². The Morgan fingerprint density at radius 3 is 2.97 bits per heavy atom. The summed E-state index contributed by atoms with van der Waals surface area (Å²) in [4.78, 5) is 30.4. The van der Waals surface area contributed by atoms with Crippen LogP contribution in [0.15, 0.2) is 23.5 Å². The minimum Gasteiger partial charge on any atom is -0.495 e. The number of amides is 1. The minimum absolute atomic E-state index is 0.0566. The number of aliphatic hydroxyl groups excluding tert-OH is 1. The summed E-state index contributed by atoms with van der Waals surface area (Å²) in [6.45, 7) is 1.88. The number of ether oxygens (including phenoxy) is 2. The molecule has 1 aliphatic heterocycles. The van der Waals surface area contributed by atoms with Crippen LogP contribution in [-0.2, 0) is 28.9 Å². The number of carbonyl (C=O) groups excluding carboxylic acids is 1. The van der Waals surface area contributed by atoms with E-state index in [1.54, 1.807) is 36.8 Å². The number of rotatable bonds is 9. The number of hydrogen-bond acceptors (Lipinski definition) is 9. The molecule has 0 spiro atoms. The van der Waals surface area contributed by atoms with E-state index in [9.17, 15) is 9.90 Å². The first kappa shape index (κ1) is 23.7. The van der Waals surface area contributed by atoms with Crippen molar-refractivity contribution in [2.75, 3.05) is 45.8 Å². The Morgan fingerprint density at radius 1 is 1.29 bits per heavy atom. The number of thiophene rings is 1. The third-order valence-corrected chi connectivity index (χ3v) is 7.81. The van der Waals surface area contributed by atoms with Crippen LogP contribution in [0.3, 0.4) is 0 Å². The summed E-state index contributed by atoms with van der Waals surface area (Å²) in [6.07, 6.45) is 5.65. The molecule has 2 N–H and O–H groups in total. The fourth-order valence-corrected chi connectivity index (χ4v) is 6.13. The second-order valence-electron chi connectivity index (χ2n) is 8.73. The van der Waals surface area contributed by atoms with Gasteiger partial charge in [-0.2, -0.15) is 0 Å². The molecule has 3 aromatic rings. The summed E-state index contributed by atoms with van der Waals surface area (Å²) in [5.41, 5.74) is 4.27. The van der Waals surface area contributed by atoms with Gasteiger partial charge in [-0.05, 0) is 48.1 Å². The predicted octanol–water partition coefficient (Wildman–Crippen LogP) is 2.95. The minimum atomic E-state index is -0.112. The van der Waals surface area contributed by atoms with Crippen LogP contribution in [0.4, 0.5) is 11.5 Å². The lowest BCUT2D eigenvalue weighted by Crippen LogP contribution is -2.41. The molecule has 1 unspecified atom stereocenters. The zero-order chi connectivity index (χ0) is 24.4. The topological polar surface area (TPSA) is 109 Å². The Hall–Kier alpha value is -3.08. The van der Waals surface area contributed by atoms with Crippen LogP contribution in [0, 0.1) is 5.92 Å². The van der Waals surface area contributed by atoms with Gasteiger partial charge in [-0.25, -0.2) is 9.97 Å². The van der Waals surface area contributed by atoms with Gasteiger partial charge in [-0.15, -0.1) is 11.3 Å². The van der Waals surface area contributed by atoms with E-state index in [-0.39, 0.29) is 18.4 Å². The number of aliphatic imine (C=N–C) groups is 1. The number of hydrogen-bond donors (Lipinski definition) is 2. The molecule has 0 saturated carbocycles. The first-order valence-corrected chi connectivity index (χ1v) is 12.6. The molecule has 1 amide bonds. The molecule has 3 heterocycles. The van der Waals surface area contributed by atoms with Crippen LogP contribution < -0.4 is 10.1 Å². The highest BCUT2D eigenvalue weighted by Gasteiger charge is 2.31. The van der Waals surface area contributed by atoms with Gasteiger partial charge in [-0.1, -0.05) is 0 Å². The van der Waals surface area contributed by atoms with Crippen LogP contribution in [0.25, 0.3) is 10.2 Å². The molecule has 0 fully saturated rings. The molecule has 5 rings (SSSR count). The lowest BCUT2D eigenvalue weighted by atomic mass is 9.86. The van der Waals surface area contributed by atoms with Gasteiger partial charge in [0, 0.05) is 37.2 Å². The molecule has 184 valence electrons. The van der Waals surface area contributed by atoms with Crippen molar-refractivity contribution < 1.29 is 19.4 Å². The zero-order valence-electron chi connectivity index (χ0n) is 19.9. The van der Waals surface area contributed by atoms with E-state index in [0.29, 0.717) is 32.7 Å². The largest absolute Gasteiger partial charge is 0.495 e. The van der Waals surface area contributed by atoms with E-state index in [1.807, 2.05) is 18.3 Å². The average molecular weight is 496 g/mol. The number of fused-ring (bicyclic) bond motifs is 4. The molecular formula is C25H29N5O4S. The van der Waals surface area contributed by atoms with Gasteiger partial charge >= 0.3 is 0 Å². The molecule has 35 heavy (non-hydrogen) atoms. The van der Waals surface area contributed by atoms with Crippen molar-refractivity contribution in [2.45, 2.75) is 25.8 Å². The van der Waals surface area contributed by atoms with Gasteiger partial charge in [0.15, 0.2) is 0 Å². The average Bonchev–Trinajstić information content (AvgIpc) is 3.49. The summed E-state index contributed by atoms with van der Waals surface area (Å²) >= 11 is 1.63. The monoisotopic (exact) mass is 495 g/mol. The van der Waals surface area contributed by atoms with Gasteiger partial charge in [0.25, 0.3) is 0 Å². The molecular weight excluding hydrogens is 466 g/mol. The third-order valence-electron chi connectivity index (χ3n) is 6.65. The van der Waals surface area contributed by atoms with Gasteiger partial charge in [-0.3, -0.25) is 9.79 Å². The van der Waals surface area contributed by atoms with Crippen LogP contribution in [0.2, 0.25) is 0 Å². The van der Waals surface area contributed by atoms with Crippen molar-refractivity contribution in [3.05, 3.63) is 40.0 Å². The molecule has 10 heteroatoms. The Bertz CT molecular complexity index is 1270. The molecule has 9 nitrogen and oxygen atoms in total. The summed E-state index contributed by atoms with van der Waals surface area (Å²) in [5.74, 6) is 1.45. The van der Waals surface area contributed by atoms with E-state index in [1.165, 1.54) is 10.4 Å². The molecule has 1 aromatic carbocycles. The second kappa shape index (κ2) is 10.3. The van der Waals surface area contributed by atoms with Crippen molar-refractivity contribution in [1.29, 1.82) is 0 Å². The smallest absolute Gasteiger partial charge is 0.226 e. The highest BCUT2D eigenvalue weighted by atomic mass is 32.1. The predicted molar refractivity (Wildman–Crippen MR) is 136 cm³/mol. The standard InChI is InChI=1S/C25H29N5O4S/c1-33-8-6-30(5-7-31)25(32)15-3-4-18-21(11-15)35-24-22(18)23(27-14-28-24)29-19-9-16-12-26-13-17(16)10-20(19)34-2/h9-10,12,14-15,31H,3-8,11,13H2,1-2H3,(H,27,28,29). The summed E-state index contributed by atoms with van der Waals surface area (Å²) in [7, 11) is 3.28. The van der Waals surface area contributed by atoms with Gasteiger partial charge < -0.3 is 24.8 Å². The molecule has 1 aliphatic carbocycles. The molecule has 0 saturated heterocycles. The number of benzene rings is 1. The second-order valence-corrected chi connectivity index (χ2v) is 9.82. The first-order chi connectivity index (χ1) is 17.1. The van der Waals surface area contributed by atoms with E-state index in [4.69, 9.17) is 9.47 Å². The number of anilines is 2. The van der Waals surface area contributed by atoms with Gasteiger partial charge in [0.1, 0.15) is 22.7 Å². The maximum atomic E-state index is 13.2.